The number of benzene rings is 1. The molecule has 0 bridgehead atoms. The molecule has 1 rings (SSSR count). The summed E-state index contributed by atoms with van der Waals surface area (Å²) in [6.45, 7) is 3.59. The van der Waals surface area contributed by atoms with Crippen LogP contribution in [0.3, 0.4) is 0 Å². The van der Waals surface area contributed by atoms with Crippen LogP contribution >= 0.6 is 0 Å². The predicted octanol–water partition coefficient (Wildman–Crippen LogP) is 3.21. The third kappa shape index (κ3) is 2.41. The molecule has 0 aliphatic heterocycles. The van der Waals surface area contributed by atoms with E-state index < -0.39 is 0 Å². The maximum atomic E-state index is 12.7. The number of aldehydes is 1. The average Bonchev–Trinajstić information content (AvgIpc) is 2.19. The van der Waals surface area contributed by atoms with Gasteiger partial charge >= 0.3 is 0 Å². The van der Waals surface area contributed by atoms with Gasteiger partial charge in [-0.15, -0.1) is 0 Å². The SMILES string of the molecule is CC(C)C(CF)c1cccc(C=O)c1. The van der Waals surface area contributed by atoms with Gasteiger partial charge in [0.15, 0.2) is 0 Å². The number of rotatable bonds is 4. The first-order valence-electron chi connectivity index (χ1n) is 4.80. The molecule has 2 heteroatoms. The summed E-state index contributed by atoms with van der Waals surface area (Å²) < 4.78 is 12.7. The summed E-state index contributed by atoms with van der Waals surface area (Å²) in [6.07, 6.45) is 0.791. The summed E-state index contributed by atoms with van der Waals surface area (Å²) >= 11 is 0. The van der Waals surface area contributed by atoms with Crippen LogP contribution in [0.1, 0.15) is 35.7 Å². The van der Waals surface area contributed by atoms with E-state index in [1.807, 2.05) is 19.9 Å². The van der Waals surface area contributed by atoms with Crippen molar-refractivity contribution < 1.29 is 9.18 Å². The minimum absolute atomic E-state index is 0.102. The van der Waals surface area contributed by atoms with Crippen molar-refractivity contribution >= 4 is 6.29 Å². The van der Waals surface area contributed by atoms with E-state index >= 15 is 0 Å². The Balaban J connectivity index is 2.97. The van der Waals surface area contributed by atoms with Gasteiger partial charge in [-0.3, -0.25) is 9.18 Å². The summed E-state index contributed by atoms with van der Waals surface area (Å²) in [7, 11) is 0. The third-order valence-corrected chi connectivity index (χ3v) is 2.45. The van der Waals surface area contributed by atoms with Crippen LogP contribution in [-0.4, -0.2) is 13.0 Å². The van der Waals surface area contributed by atoms with Gasteiger partial charge < -0.3 is 0 Å². The Hall–Kier alpha value is -1.18. The molecule has 0 spiro atoms. The van der Waals surface area contributed by atoms with Crippen molar-refractivity contribution in [2.75, 3.05) is 6.67 Å². The van der Waals surface area contributed by atoms with Crippen LogP contribution in [0.2, 0.25) is 0 Å². The van der Waals surface area contributed by atoms with Crippen LogP contribution in [0.4, 0.5) is 4.39 Å². The van der Waals surface area contributed by atoms with Gasteiger partial charge in [-0.05, 0) is 17.5 Å². The van der Waals surface area contributed by atoms with Crippen LogP contribution in [0.15, 0.2) is 24.3 Å². The Morgan fingerprint density at radius 3 is 2.64 bits per heavy atom. The predicted molar refractivity (Wildman–Crippen MR) is 55.4 cm³/mol. The molecular formula is C12H15FO. The maximum Gasteiger partial charge on any atom is 0.150 e. The van der Waals surface area contributed by atoms with Gasteiger partial charge in [0.05, 0.1) is 6.67 Å². The van der Waals surface area contributed by atoms with E-state index in [0.29, 0.717) is 5.56 Å². The standard InChI is InChI=1S/C12H15FO/c1-9(2)12(7-13)11-5-3-4-10(6-11)8-14/h3-6,8-9,12H,7H2,1-2H3. The molecule has 0 radical (unpaired) electrons. The molecule has 1 unspecified atom stereocenters. The van der Waals surface area contributed by atoms with Crippen molar-refractivity contribution in [3.8, 4) is 0 Å². The van der Waals surface area contributed by atoms with Gasteiger partial charge in [-0.25, -0.2) is 0 Å². The van der Waals surface area contributed by atoms with Crippen molar-refractivity contribution in [2.45, 2.75) is 19.8 Å². The Labute approximate surface area is 83.9 Å². The maximum absolute atomic E-state index is 12.7. The quantitative estimate of drug-likeness (QED) is 0.673. The van der Waals surface area contributed by atoms with Crippen molar-refractivity contribution in [3.63, 3.8) is 0 Å². The zero-order chi connectivity index (χ0) is 10.6. The summed E-state index contributed by atoms with van der Waals surface area (Å²) in [6, 6.07) is 7.16. The van der Waals surface area contributed by atoms with E-state index in [9.17, 15) is 9.18 Å². The van der Waals surface area contributed by atoms with E-state index in [1.54, 1.807) is 18.2 Å². The smallest absolute Gasteiger partial charge is 0.150 e. The van der Waals surface area contributed by atoms with E-state index in [1.165, 1.54) is 0 Å². The molecular weight excluding hydrogens is 179 g/mol. The second-order valence-corrected chi connectivity index (χ2v) is 3.79. The van der Waals surface area contributed by atoms with Crippen LogP contribution in [-0.2, 0) is 0 Å². The number of carbonyl (C=O) groups is 1. The first kappa shape index (κ1) is 10.9. The van der Waals surface area contributed by atoms with Gasteiger partial charge in [0.25, 0.3) is 0 Å². The number of carbonyl (C=O) groups excluding carboxylic acids is 1. The molecule has 1 aromatic rings. The van der Waals surface area contributed by atoms with Crippen LogP contribution in [0.25, 0.3) is 0 Å². The third-order valence-electron chi connectivity index (χ3n) is 2.45. The Kier molecular flexibility index (Phi) is 3.81. The fourth-order valence-corrected chi connectivity index (χ4v) is 1.52. The van der Waals surface area contributed by atoms with Gasteiger partial charge in [0.2, 0.25) is 0 Å². The lowest BCUT2D eigenvalue weighted by Crippen LogP contribution is -2.09. The van der Waals surface area contributed by atoms with Gasteiger partial charge in [-0.2, -0.15) is 0 Å². The topological polar surface area (TPSA) is 17.1 Å². The molecule has 14 heavy (non-hydrogen) atoms. The number of alkyl halides is 1. The fourth-order valence-electron chi connectivity index (χ4n) is 1.52. The Morgan fingerprint density at radius 1 is 1.43 bits per heavy atom. The normalized spacial score (nSPS) is 12.9. The molecule has 0 amide bonds. The average molecular weight is 194 g/mol. The molecule has 0 fully saturated rings. The van der Waals surface area contributed by atoms with Crippen molar-refractivity contribution in [1.29, 1.82) is 0 Å². The highest BCUT2D eigenvalue weighted by molar-refractivity contribution is 5.75. The monoisotopic (exact) mass is 194 g/mol. The van der Waals surface area contributed by atoms with Crippen LogP contribution in [0.5, 0.6) is 0 Å². The second-order valence-electron chi connectivity index (χ2n) is 3.79. The minimum Gasteiger partial charge on any atom is -0.298 e. The zero-order valence-electron chi connectivity index (χ0n) is 8.53. The van der Waals surface area contributed by atoms with Crippen molar-refractivity contribution in [1.82, 2.24) is 0 Å². The van der Waals surface area contributed by atoms with E-state index in [4.69, 9.17) is 0 Å². The Morgan fingerprint density at radius 2 is 2.14 bits per heavy atom. The molecule has 0 saturated heterocycles. The molecule has 0 heterocycles. The van der Waals surface area contributed by atoms with Gasteiger partial charge in [0, 0.05) is 11.5 Å². The Bertz CT molecular complexity index is 307. The van der Waals surface area contributed by atoms with Crippen molar-refractivity contribution in [2.24, 2.45) is 5.92 Å². The zero-order valence-corrected chi connectivity index (χ0v) is 8.53. The second kappa shape index (κ2) is 4.89. The fraction of sp³-hybridized carbons (Fsp3) is 0.417. The molecule has 0 aliphatic rings. The lowest BCUT2D eigenvalue weighted by Gasteiger charge is -2.17. The van der Waals surface area contributed by atoms with Gasteiger partial charge in [0.1, 0.15) is 6.29 Å². The van der Waals surface area contributed by atoms with E-state index in [0.717, 1.165) is 11.8 Å². The molecule has 0 aliphatic carbocycles. The molecule has 1 aromatic carbocycles. The highest BCUT2D eigenvalue weighted by Crippen LogP contribution is 2.25. The van der Waals surface area contributed by atoms with Crippen molar-refractivity contribution in [3.05, 3.63) is 35.4 Å². The molecule has 0 N–H and O–H groups in total. The highest BCUT2D eigenvalue weighted by Gasteiger charge is 2.15. The molecule has 1 nitrogen and oxygen atoms in total. The molecule has 0 saturated carbocycles. The molecule has 0 aromatic heterocycles. The summed E-state index contributed by atoms with van der Waals surface area (Å²) in [4.78, 5) is 10.5. The lowest BCUT2D eigenvalue weighted by molar-refractivity contribution is 0.112. The summed E-state index contributed by atoms with van der Waals surface area (Å²) in [5.74, 6) is 0.150. The van der Waals surface area contributed by atoms with E-state index in [-0.39, 0.29) is 18.5 Å². The lowest BCUT2D eigenvalue weighted by atomic mass is 9.89. The molecule has 1 atom stereocenters. The first-order valence-corrected chi connectivity index (χ1v) is 4.80. The highest BCUT2D eigenvalue weighted by atomic mass is 19.1. The van der Waals surface area contributed by atoms with Crippen LogP contribution in [0, 0.1) is 5.92 Å². The number of halogens is 1. The largest absolute Gasteiger partial charge is 0.298 e. The molecule has 76 valence electrons. The van der Waals surface area contributed by atoms with Crippen LogP contribution < -0.4 is 0 Å². The number of hydrogen-bond donors (Lipinski definition) is 0. The first-order chi connectivity index (χ1) is 6.69. The van der Waals surface area contributed by atoms with Gasteiger partial charge in [-0.1, -0.05) is 32.0 Å². The number of hydrogen-bond acceptors (Lipinski definition) is 1. The minimum atomic E-state index is -0.375. The summed E-state index contributed by atoms with van der Waals surface area (Å²) in [5, 5.41) is 0. The van der Waals surface area contributed by atoms with E-state index in [2.05, 4.69) is 0 Å². The summed E-state index contributed by atoms with van der Waals surface area (Å²) in [5.41, 5.74) is 1.52.